The summed E-state index contributed by atoms with van der Waals surface area (Å²) in [6.45, 7) is 4.22. The Hall–Kier alpha value is -0.310. The van der Waals surface area contributed by atoms with Gasteiger partial charge in [0.1, 0.15) is 10.3 Å². The summed E-state index contributed by atoms with van der Waals surface area (Å²) in [6, 6.07) is 4.54. The maximum Gasteiger partial charge on any atom is 0.135 e. The molecule has 0 radical (unpaired) electrons. The van der Waals surface area contributed by atoms with Gasteiger partial charge >= 0.3 is 0 Å². The summed E-state index contributed by atoms with van der Waals surface area (Å²) >= 11 is 11.9. The molecule has 1 aromatic heterocycles. The number of rotatable bonds is 5. The average molecular weight is 259 g/mol. The highest BCUT2D eigenvalue weighted by atomic mass is 35.5. The van der Waals surface area contributed by atoms with Crippen molar-refractivity contribution < 1.29 is 0 Å². The number of hydrogen-bond acceptors (Lipinski definition) is 2. The van der Waals surface area contributed by atoms with Gasteiger partial charge in [-0.15, -0.1) is 0 Å². The Morgan fingerprint density at radius 2 is 2.12 bits per heavy atom. The summed E-state index contributed by atoms with van der Waals surface area (Å²) in [5.74, 6) is 0. The zero-order chi connectivity index (χ0) is 11.5. The minimum Gasteiger partial charge on any atom is -0.296 e. The average Bonchev–Trinajstić information content (AvgIpc) is 3.04. The van der Waals surface area contributed by atoms with Crippen LogP contribution in [0, 0.1) is 0 Å². The van der Waals surface area contributed by atoms with Gasteiger partial charge in [0, 0.05) is 18.2 Å². The zero-order valence-corrected chi connectivity index (χ0v) is 10.9. The first-order chi connectivity index (χ1) is 7.70. The fraction of sp³-hybridized carbons (Fsp3) is 0.583. The Bertz CT molecular complexity index is 364. The molecule has 0 aromatic carbocycles. The Morgan fingerprint density at radius 1 is 1.38 bits per heavy atom. The lowest BCUT2D eigenvalue weighted by Crippen LogP contribution is -2.26. The lowest BCUT2D eigenvalue weighted by molar-refractivity contribution is 0.255. The SMILES string of the molecule is CCCN(Cc1ccc(Cl)nc1Cl)C1CC1. The topological polar surface area (TPSA) is 16.1 Å². The van der Waals surface area contributed by atoms with Gasteiger partial charge in [-0.1, -0.05) is 36.2 Å². The third kappa shape index (κ3) is 3.09. The second kappa shape index (κ2) is 5.35. The van der Waals surface area contributed by atoms with Crippen LogP contribution in [-0.4, -0.2) is 22.5 Å². The van der Waals surface area contributed by atoms with Crippen molar-refractivity contribution in [3.05, 3.63) is 28.0 Å². The number of aromatic nitrogens is 1. The maximum atomic E-state index is 6.08. The summed E-state index contributed by atoms with van der Waals surface area (Å²) in [6.07, 6.45) is 3.81. The molecule has 0 atom stereocenters. The van der Waals surface area contributed by atoms with Crippen LogP contribution in [0.4, 0.5) is 0 Å². The van der Waals surface area contributed by atoms with Crippen LogP contribution in [-0.2, 0) is 6.54 Å². The number of hydrogen-bond donors (Lipinski definition) is 0. The van der Waals surface area contributed by atoms with Crippen LogP contribution in [0.15, 0.2) is 12.1 Å². The summed E-state index contributed by atoms with van der Waals surface area (Å²) in [5.41, 5.74) is 1.08. The monoisotopic (exact) mass is 258 g/mol. The molecule has 1 aromatic rings. The van der Waals surface area contributed by atoms with Crippen LogP contribution >= 0.6 is 23.2 Å². The summed E-state index contributed by atoms with van der Waals surface area (Å²) < 4.78 is 0. The highest BCUT2D eigenvalue weighted by Gasteiger charge is 2.28. The molecule has 4 heteroatoms. The molecular formula is C12H16Cl2N2. The van der Waals surface area contributed by atoms with Crippen LogP contribution in [0.2, 0.25) is 10.3 Å². The summed E-state index contributed by atoms with van der Waals surface area (Å²) in [4.78, 5) is 6.55. The predicted octanol–water partition coefficient (Wildman–Crippen LogP) is 3.76. The highest BCUT2D eigenvalue weighted by Crippen LogP contribution is 2.29. The van der Waals surface area contributed by atoms with Crippen molar-refractivity contribution in [2.45, 2.75) is 38.8 Å². The van der Waals surface area contributed by atoms with Gasteiger partial charge in [0.05, 0.1) is 0 Å². The molecule has 1 fully saturated rings. The molecule has 88 valence electrons. The standard InChI is InChI=1S/C12H16Cl2N2/c1-2-7-16(10-4-5-10)8-9-3-6-11(13)15-12(9)14/h3,6,10H,2,4-5,7-8H2,1H3. The molecule has 0 N–H and O–H groups in total. The molecule has 2 nitrogen and oxygen atoms in total. The molecule has 0 spiro atoms. The first-order valence-corrected chi connectivity index (χ1v) is 6.51. The van der Waals surface area contributed by atoms with E-state index in [1.54, 1.807) is 6.07 Å². The molecule has 0 aliphatic heterocycles. The summed E-state index contributed by atoms with van der Waals surface area (Å²) in [7, 11) is 0. The Balaban J connectivity index is 2.05. The maximum absolute atomic E-state index is 6.08. The van der Waals surface area contributed by atoms with Gasteiger partial charge in [-0.3, -0.25) is 4.90 Å². The number of nitrogens with zero attached hydrogens (tertiary/aromatic N) is 2. The predicted molar refractivity (Wildman–Crippen MR) is 68.0 cm³/mol. The fourth-order valence-electron chi connectivity index (χ4n) is 1.90. The van der Waals surface area contributed by atoms with Gasteiger partial charge in [-0.25, -0.2) is 4.98 Å². The van der Waals surface area contributed by atoms with Crippen molar-refractivity contribution in [3.63, 3.8) is 0 Å². The highest BCUT2D eigenvalue weighted by molar-refractivity contribution is 6.32. The molecule has 1 saturated carbocycles. The second-order valence-electron chi connectivity index (χ2n) is 4.29. The van der Waals surface area contributed by atoms with Gasteiger partial charge < -0.3 is 0 Å². The molecule has 2 rings (SSSR count). The Morgan fingerprint density at radius 3 is 2.69 bits per heavy atom. The van der Waals surface area contributed by atoms with E-state index in [4.69, 9.17) is 23.2 Å². The van der Waals surface area contributed by atoms with E-state index in [1.165, 1.54) is 19.3 Å². The minimum atomic E-state index is 0.460. The molecule has 0 unspecified atom stereocenters. The molecule has 1 heterocycles. The molecule has 1 aliphatic rings. The van der Waals surface area contributed by atoms with E-state index in [-0.39, 0.29) is 0 Å². The zero-order valence-electron chi connectivity index (χ0n) is 9.42. The van der Waals surface area contributed by atoms with E-state index in [0.717, 1.165) is 24.7 Å². The molecule has 1 aliphatic carbocycles. The largest absolute Gasteiger partial charge is 0.296 e. The number of pyridine rings is 1. The molecule has 0 saturated heterocycles. The van der Waals surface area contributed by atoms with Crippen LogP contribution in [0.5, 0.6) is 0 Å². The van der Waals surface area contributed by atoms with E-state index in [9.17, 15) is 0 Å². The van der Waals surface area contributed by atoms with Crippen LogP contribution in [0.3, 0.4) is 0 Å². The van der Waals surface area contributed by atoms with Gasteiger partial charge in [-0.05, 0) is 31.9 Å². The lowest BCUT2D eigenvalue weighted by atomic mass is 10.2. The lowest BCUT2D eigenvalue weighted by Gasteiger charge is -2.21. The van der Waals surface area contributed by atoms with E-state index < -0.39 is 0 Å². The normalized spacial score (nSPS) is 15.8. The molecule has 16 heavy (non-hydrogen) atoms. The van der Waals surface area contributed by atoms with Crippen molar-refractivity contribution >= 4 is 23.2 Å². The van der Waals surface area contributed by atoms with Gasteiger partial charge in [0.25, 0.3) is 0 Å². The van der Waals surface area contributed by atoms with Crippen molar-refractivity contribution in [3.8, 4) is 0 Å². The Kier molecular flexibility index (Phi) is 4.06. The van der Waals surface area contributed by atoms with Crippen LogP contribution in [0.25, 0.3) is 0 Å². The molecule has 0 amide bonds. The third-order valence-electron chi connectivity index (χ3n) is 2.84. The van der Waals surface area contributed by atoms with Crippen molar-refractivity contribution in [2.75, 3.05) is 6.54 Å². The van der Waals surface area contributed by atoms with Gasteiger partial charge in [0.2, 0.25) is 0 Å². The van der Waals surface area contributed by atoms with Crippen molar-refractivity contribution in [1.29, 1.82) is 0 Å². The first-order valence-electron chi connectivity index (χ1n) is 5.75. The van der Waals surface area contributed by atoms with Crippen molar-refractivity contribution in [2.24, 2.45) is 0 Å². The fourth-order valence-corrected chi connectivity index (χ4v) is 2.30. The van der Waals surface area contributed by atoms with Gasteiger partial charge in [-0.2, -0.15) is 0 Å². The first kappa shape index (κ1) is 12.2. The van der Waals surface area contributed by atoms with E-state index in [0.29, 0.717) is 10.3 Å². The third-order valence-corrected chi connectivity index (χ3v) is 3.38. The summed E-state index contributed by atoms with van der Waals surface area (Å²) in [5, 5.41) is 0.997. The van der Waals surface area contributed by atoms with Crippen LogP contribution < -0.4 is 0 Å². The number of halogens is 2. The quantitative estimate of drug-likeness (QED) is 0.748. The van der Waals surface area contributed by atoms with E-state index >= 15 is 0 Å². The smallest absolute Gasteiger partial charge is 0.135 e. The second-order valence-corrected chi connectivity index (χ2v) is 5.03. The molecule has 0 bridgehead atoms. The van der Waals surface area contributed by atoms with Crippen molar-refractivity contribution in [1.82, 2.24) is 9.88 Å². The van der Waals surface area contributed by atoms with E-state index in [1.807, 2.05) is 6.07 Å². The Labute approximate surface area is 107 Å². The van der Waals surface area contributed by atoms with E-state index in [2.05, 4.69) is 16.8 Å². The molecular weight excluding hydrogens is 243 g/mol. The van der Waals surface area contributed by atoms with Gasteiger partial charge in [0.15, 0.2) is 0 Å². The minimum absolute atomic E-state index is 0.460. The van der Waals surface area contributed by atoms with Crippen LogP contribution in [0.1, 0.15) is 31.7 Å².